The first kappa shape index (κ1) is 25.6. The third-order valence-corrected chi connectivity index (χ3v) is 5.16. The van der Waals surface area contributed by atoms with Crippen molar-refractivity contribution in [2.45, 2.75) is 19.3 Å². The van der Waals surface area contributed by atoms with Crippen molar-refractivity contribution in [3.8, 4) is 23.2 Å². The number of fused-ring (bicyclic) bond motifs is 1. The van der Waals surface area contributed by atoms with Gasteiger partial charge in [-0.3, -0.25) is 4.98 Å². The lowest BCUT2D eigenvalue weighted by atomic mass is 10.2. The number of benzene rings is 1. The number of anilines is 1. The molecule has 0 spiro atoms. The van der Waals surface area contributed by atoms with Crippen LogP contribution in [0.4, 0.5) is 32.2 Å². The zero-order chi connectivity index (χ0) is 26.4. The molecule has 0 saturated carbocycles. The third kappa shape index (κ3) is 4.91. The highest BCUT2D eigenvalue weighted by molar-refractivity contribution is 6.38. The van der Waals surface area contributed by atoms with Crippen molar-refractivity contribution in [3.05, 3.63) is 51.9 Å². The Balaban J connectivity index is 1.88. The molecular formula is C20H12Cl2F6N6O2. The molecular weight excluding hydrogens is 541 g/mol. The molecule has 1 aromatic carbocycles. The maximum atomic E-state index is 13.9. The monoisotopic (exact) mass is 552 g/mol. The molecule has 16 heteroatoms. The van der Waals surface area contributed by atoms with Crippen LogP contribution in [0.2, 0.25) is 10.0 Å². The summed E-state index contributed by atoms with van der Waals surface area (Å²) in [4.78, 5) is 11.1. The minimum atomic E-state index is -5.04. The van der Waals surface area contributed by atoms with Gasteiger partial charge in [0, 0.05) is 6.07 Å². The quantitative estimate of drug-likeness (QED) is 0.289. The van der Waals surface area contributed by atoms with Crippen LogP contribution in [0.1, 0.15) is 18.2 Å². The van der Waals surface area contributed by atoms with Gasteiger partial charge in [-0.2, -0.15) is 36.3 Å². The largest absolute Gasteiger partial charge is 0.492 e. The normalized spacial score (nSPS) is 12.2. The van der Waals surface area contributed by atoms with Crippen molar-refractivity contribution >= 4 is 40.1 Å². The van der Waals surface area contributed by atoms with Gasteiger partial charge in [-0.1, -0.05) is 23.2 Å². The molecule has 4 aromatic rings. The molecule has 4 rings (SSSR count). The standard InChI is InChI=1S/C20H12Cl2F6N6O2/c1-2-35-9-5-10(7-30-6-9)36-18-31-15(20(26,27)28)13-16(29)34(33-17(13)32-18)14-11(21)3-8(4-12(14)22)19(23,24)25/h3-7H,2,29H2,1H3. The molecule has 0 unspecified atom stereocenters. The summed E-state index contributed by atoms with van der Waals surface area (Å²) in [5, 5.41) is 2.03. The third-order valence-electron chi connectivity index (χ3n) is 4.58. The summed E-state index contributed by atoms with van der Waals surface area (Å²) >= 11 is 12.0. The van der Waals surface area contributed by atoms with Crippen LogP contribution in [0.15, 0.2) is 30.6 Å². The van der Waals surface area contributed by atoms with E-state index in [1.807, 2.05) is 0 Å². The summed E-state index contributed by atoms with van der Waals surface area (Å²) in [6.45, 7) is 2.02. The molecule has 0 radical (unpaired) electrons. The fourth-order valence-electron chi connectivity index (χ4n) is 3.15. The number of alkyl halides is 6. The molecule has 0 fully saturated rings. The molecule has 0 bridgehead atoms. The Labute approximate surface area is 207 Å². The van der Waals surface area contributed by atoms with E-state index in [1.54, 1.807) is 6.92 Å². The summed E-state index contributed by atoms with van der Waals surface area (Å²) in [7, 11) is 0. The first-order valence-electron chi connectivity index (χ1n) is 9.75. The average Bonchev–Trinajstić information content (AvgIpc) is 3.08. The molecule has 0 aliphatic rings. The molecule has 3 aromatic heterocycles. The minimum absolute atomic E-state index is 0.0327. The fourth-order valence-corrected chi connectivity index (χ4v) is 3.80. The predicted octanol–water partition coefficient (Wildman–Crippen LogP) is 6.33. The van der Waals surface area contributed by atoms with E-state index in [9.17, 15) is 26.3 Å². The lowest BCUT2D eigenvalue weighted by Crippen LogP contribution is -2.11. The smallest absolute Gasteiger partial charge is 0.434 e. The Morgan fingerprint density at radius 2 is 1.58 bits per heavy atom. The van der Waals surface area contributed by atoms with Crippen LogP contribution < -0.4 is 15.2 Å². The topological polar surface area (TPSA) is 101 Å². The molecule has 0 amide bonds. The molecule has 36 heavy (non-hydrogen) atoms. The number of nitrogens with two attached hydrogens (primary N) is 1. The number of pyridine rings is 1. The highest BCUT2D eigenvalue weighted by Gasteiger charge is 2.39. The maximum Gasteiger partial charge on any atom is 0.434 e. The summed E-state index contributed by atoms with van der Waals surface area (Å²) in [6, 6.07) is 1.68. The first-order chi connectivity index (χ1) is 16.8. The molecule has 2 N–H and O–H groups in total. The second-order valence-corrected chi connectivity index (χ2v) is 7.84. The van der Waals surface area contributed by atoms with Crippen LogP contribution in [0.25, 0.3) is 16.7 Å². The van der Waals surface area contributed by atoms with Gasteiger partial charge in [0.25, 0.3) is 0 Å². The van der Waals surface area contributed by atoms with Gasteiger partial charge >= 0.3 is 18.4 Å². The number of halogens is 8. The lowest BCUT2D eigenvalue weighted by molar-refractivity contribution is -0.140. The van der Waals surface area contributed by atoms with Gasteiger partial charge in [0.05, 0.1) is 40.0 Å². The molecule has 0 aliphatic heterocycles. The summed E-state index contributed by atoms with van der Waals surface area (Å²) in [5.74, 6) is -0.408. The molecule has 0 atom stereocenters. The van der Waals surface area contributed by atoms with Crippen molar-refractivity contribution in [2.75, 3.05) is 12.3 Å². The zero-order valence-electron chi connectivity index (χ0n) is 17.7. The lowest BCUT2D eigenvalue weighted by Gasteiger charge is -2.13. The van der Waals surface area contributed by atoms with Gasteiger partial charge < -0.3 is 15.2 Å². The van der Waals surface area contributed by atoms with Crippen LogP contribution in [-0.2, 0) is 12.4 Å². The van der Waals surface area contributed by atoms with E-state index < -0.39 is 56.5 Å². The van der Waals surface area contributed by atoms with Gasteiger partial charge in [0.15, 0.2) is 17.1 Å². The van der Waals surface area contributed by atoms with Gasteiger partial charge in [0.2, 0.25) is 0 Å². The van der Waals surface area contributed by atoms with Crippen LogP contribution >= 0.6 is 23.2 Å². The number of hydrogen-bond donors (Lipinski definition) is 1. The Morgan fingerprint density at radius 1 is 0.944 bits per heavy atom. The van der Waals surface area contributed by atoms with Crippen LogP contribution in [-0.4, -0.2) is 31.3 Å². The first-order valence-corrected chi connectivity index (χ1v) is 10.5. The molecule has 8 nitrogen and oxygen atoms in total. The second kappa shape index (κ2) is 9.17. The van der Waals surface area contributed by atoms with Gasteiger partial charge in [-0.25, -0.2) is 4.68 Å². The van der Waals surface area contributed by atoms with Crippen LogP contribution in [0.3, 0.4) is 0 Å². The molecule has 0 saturated heterocycles. The number of ether oxygens (including phenoxy) is 2. The molecule has 190 valence electrons. The highest BCUT2D eigenvalue weighted by atomic mass is 35.5. The average molecular weight is 553 g/mol. The minimum Gasteiger partial charge on any atom is -0.492 e. The Bertz CT molecular complexity index is 1430. The fraction of sp³-hybridized carbons (Fsp3) is 0.200. The van der Waals surface area contributed by atoms with Crippen molar-refractivity contribution in [3.63, 3.8) is 0 Å². The molecule has 3 heterocycles. The van der Waals surface area contributed by atoms with E-state index in [0.717, 1.165) is 0 Å². The summed E-state index contributed by atoms with van der Waals surface area (Å²) in [5.41, 5.74) is 2.26. The van der Waals surface area contributed by atoms with E-state index in [-0.39, 0.29) is 17.2 Å². The Kier molecular flexibility index (Phi) is 6.51. The van der Waals surface area contributed by atoms with E-state index in [4.69, 9.17) is 38.4 Å². The number of nitrogens with zero attached hydrogens (tertiary/aromatic N) is 5. The maximum absolute atomic E-state index is 13.9. The van der Waals surface area contributed by atoms with Crippen molar-refractivity contribution in [1.29, 1.82) is 0 Å². The second-order valence-electron chi connectivity index (χ2n) is 7.03. The summed E-state index contributed by atoms with van der Waals surface area (Å²) in [6.07, 6.45) is -7.26. The number of hydrogen-bond acceptors (Lipinski definition) is 7. The Morgan fingerprint density at radius 3 is 2.17 bits per heavy atom. The number of aromatic nitrogens is 5. The van der Waals surface area contributed by atoms with E-state index in [1.165, 1.54) is 18.5 Å². The summed E-state index contributed by atoms with van der Waals surface area (Å²) < 4.78 is 92.1. The Hall–Kier alpha value is -3.52. The van der Waals surface area contributed by atoms with E-state index >= 15 is 0 Å². The van der Waals surface area contributed by atoms with Crippen molar-refractivity contribution < 1.29 is 35.8 Å². The zero-order valence-corrected chi connectivity index (χ0v) is 19.3. The predicted molar refractivity (Wildman–Crippen MR) is 117 cm³/mol. The van der Waals surface area contributed by atoms with Crippen LogP contribution in [0.5, 0.6) is 17.5 Å². The van der Waals surface area contributed by atoms with E-state index in [0.29, 0.717) is 23.4 Å². The van der Waals surface area contributed by atoms with E-state index in [2.05, 4.69) is 20.1 Å². The number of rotatable bonds is 5. The molecule has 0 aliphatic carbocycles. The highest BCUT2D eigenvalue weighted by Crippen LogP contribution is 2.41. The van der Waals surface area contributed by atoms with Gasteiger partial charge in [0.1, 0.15) is 17.3 Å². The van der Waals surface area contributed by atoms with Gasteiger partial charge in [-0.15, -0.1) is 5.10 Å². The van der Waals surface area contributed by atoms with Crippen molar-refractivity contribution in [2.24, 2.45) is 0 Å². The SMILES string of the molecule is CCOc1cncc(Oc2nc(C(F)(F)F)c3c(N)n(-c4c(Cl)cc(C(F)(F)F)cc4Cl)nc3n2)c1. The van der Waals surface area contributed by atoms with Crippen molar-refractivity contribution in [1.82, 2.24) is 24.7 Å². The van der Waals surface area contributed by atoms with Crippen LogP contribution in [0, 0.1) is 0 Å². The number of nitrogen functional groups attached to an aromatic ring is 1. The van der Waals surface area contributed by atoms with Gasteiger partial charge in [-0.05, 0) is 19.1 Å².